The number of carbonyl (C=O) groups is 1. The molecule has 0 heterocycles. The van der Waals surface area contributed by atoms with Gasteiger partial charge in [-0.25, -0.2) is 0 Å². The maximum Gasteiger partial charge on any atom is 0.246 e. The number of hydrogen-bond acceptors (Lipinski definition) is 3. The van der Waals surface area contributed by atoms with Gasteiger partial charge in [0, 0.05) is 19.7 Å². The van der Waals surface area contributed by atoms with E-state index in [0.717, 1.165) is 11.1 Å². The maximum atomic E-state index is 12.4. The highest BCUT2D eigenvalue weighted by molar-refractivity contribution is 5.91. The molecule has 0 atom stereocenters. The minimum atomic E-state index is -0.0575. The van der Waals surface area contributed by atoms with Gasteiger partial charge in [0.25, 0.3) is 0 Å². The zero-order valence-electron chi connectivity index (χ0n) is 15.8. The molecule has 0 aliphatic carbocycles. The Hall–Kier alpha value is -3.27. The molecule has 3 aromatic rings. The zero-order valence-corrected chi connectivity index (χ0v) is 15.8. The minimum Gasteiger partial charge on any atom is -0.493 e. The SMILES string of the molecule is COc1ccc(/C=C/C(=O)N(C)Cc2ccc3ccccc3c2)cc1OC. The standard InChI is InChI=1S/C23H23NO3/c1-24(16-18-8-11-19-6-4-5-7-20(19)14-18)23(25)13-10-17-9-12-21(26-2)22(15-17)27-3/h4-15H,16H2,1-3H3/b13-10+. The third-order valence-corrected chi connectivity index (χ3v) is 4.44. The van der Waals surface area contributed by atoms with Crippen molar-refractivity contribution in [3.63, 3.8) is 0 Å². The van der Waals surface area contributed by atoms with E-state index in [1.807, 2.05) is 30.3 Å². The molecule has 0 saturated heterocycles. The molecule has 0 aromatic heterocycles. The molecule has 0 bridgehead atoms. The number of hydrogen-bond donors (Lipinski definition) is 0. The Balaban J connectivity index is 1.68. The lowest BCUT2D eigenvalue weighted by atomic mass is 10.1. The summed E-state index contributed by atoms with van der Waals surface area (Å²) in [6.07, 6.45) is 3.35. The fourth-order valence-electron chi connectivity index (χ4n) is 2.94. The minimum absolute atomic E-state index is 0.0575. The second-order valence-electron chi connectivity index (χ2n) is 6.32. The lowest BCUT2D eigenvalue weighted by Crippen LogP contribution is -2.24. The van der Waals surface area contributed by atoms with Crippen molar-refractivity contribution in [3.05, 3.63) is 77.9 Å². The summed E-state index contributed by atoms with van der Waals surface area (Å²) in [5.41, 5.74) is 1.98. The van der Waals surface area contributed by atoms with Crippen LogP contribution in [0.3, 0.4) is 0 Å². The maximum absolute atomic E-state index is 12.4. The predicted molar refractivity (Wildman–Crippen MR) is 109 cm³/mol. The van der Waals surface area contributed by atoms with Crippen molar-refractivity contribution in [3.8, 4) is 11.5 Å². The van der Waals surface area contributed by atoms with E-state index in [9.17, 15) is 4.79 Å². The molecule has 4 heteroatoms. The molecule has 0 radical (unpaired) electrons. The topological polar surface area (TPSA) is 38.8 Å². The van der Waals surface area contributed by atoms with E-state index in [1.54, 1.807) is 38.3 Å². The summed E-state index contributed by atoms with van der Waals surface area (Å²) in [6, 6.07) is 20.0. The smallest absolute Gasteiger partial charge is 0.246 e. The Bertz CT molecular complexity index is 978. The van der Waals surface area contributed by atoms with Crippen molar-refractivity contribution < 1.29 is 14.3 Å². The Labute approximate surface area is 159 Å². The molecular formula is C23H23NO3. The number of likely N-dealkylation sites (N-methyl/N-ethyl adjacent to an activating group) is 1. The summed E-state index contributed by atoms with van der Waals surface area (Å²) >= 11 is 0. The molecule has 0 aliphatic heterocycles. The van der Waals surface area contributed by atoms with Crippen LogP contribution in [0.5, 0.6) is 11.5 Å². The molecule has 0 spiro atoms. The first-order chi connectivity index (χ1) is 13.1. The Morgan fingerprint density at radius 2 is 1.67 bits per heavy atom. The Kier molecular flexibility index (Phi) is 5.77. The Morgan fingerprint density at radius 1 is 0.926 bits per heavy atom. The van der Waals surface area contributed by atoms with Gasteiger partial charge in [-0.15, -0.1) is 0 Å². The van der Waals surface area contributed by atoms with Gasteiger partial charge in [0.1, 0.15) is 0 Å². The van der Waals surface area contributed by atoms with E-state index in [1.165, 1.54) is 10.8 Å². The molecule has 138 valence electrons. The van der Waals surface area contributed by atoms with Crippen LogP contribution in [0.4, 0.5) is 0 Å². The van der Waals surface area contributed by atoms with Crippen LogP contribution in [0.25, 0.3) is 16.8 Å². The highest BCUT2D eigenvalue weighted by Crippen LogP contribution is 2.28. The predicted octanol–water partition coefficient (Wildman–Crippen LogP) is 4.53. The van der Waals surface area contributed by atoms with Crippen LogP contribution in [-0.2, 0) is 11.3 Å². The molecule has 0 N–H and O–H groups in total. The summed E-state index contributed by atoms with van der Waals surface area (Å²) < 4.78 is 10.5. The van der Waals surface area contributed by atoms with Crippen molar-refractivity contribution >= 4 is 22.8 Å². The monoisotopic (exact) mass is 361 g/mol. The average Bonchev–Trinajstić information content (AvgIpc) is 2.71. The largest absolute Gasteiger partial charge is 0.493 e. The molecule has 1 amide bonds. The first kappa shape index (κ1) is 18.5. The van der Waals surface area contributed by atoms with Gasteiger partial charge in [-0.3, -0.25) is 4.79 Å². The molecule has 0 aliphatic rings. The van der Waals surface area contributed by atoms with Gasteiger partial charge in [0.15, 0.2) is 11.5 Å². The van der Waals surface area contributed by atoms with Crippen LogP contribution in [0.2, 0.25) is 0 Å². The first-order valence-corrected chi connectivity index (χ1v) is 8.73. The van der Waals surface area contributed by atoms with E-state index in [2.05, 4.69) is 30.3 Å². The number of fused-ring (bicyclic) bond motifs is 1. The molecule has 3 rings (SSSR count). The summed E-state index contributed by atoms with van der Waals surface area (Å²) in [5, 5.41) is 2.38. The van der Waals surface area contributed by atoms with Crippen LogP contribution >= 0.6 is 0 Å². The molecule has 0 fully saturated rings. The van der Waals surface area contributed by atoms with Crippen LogP contribution in [-0.4, -0.2) is 32.1 Å². The molecule has 0 saturated carbocycles. The molecular weight excluding hydrogens is 338 g/mol. The van der Waals surface area contributed by atoms with E-state index >= 15 is 0 Å². The number of ether oxygens (including phenoxy) is 2. The molecule has 3 aromatic carbocycles. The number of amides is 1. The van der Waals surface area contributed by atoms with Gasteiger partial charge < -0.3 is 14.4 Å². The van der Waals surface area contributed by atoms with Gasteiger partial charge in [0.2, 0.25) is 5.91 Å². The van der Waals surface area contributed by atoms with E-state index < -0.39 is 0 Å². The van der Waals surface area contributed by atoms with Gasteiger partial charge in [0.05, 0.1) is 14.2 Å². The van der Waals surface area contributed by atoms with Crippen LogP contribution in [0.15, 0.2) is 66.7 Å². The number of nitrogens with zero attached hydrogens (tertiary/aromatic N) is 1. The molecule has 27 heavy (non-hydrogen) atoms. The highest BCUT2D eigenvalue weighted by atomic mass is 16.5. The van der Waals surface area contributed by atoms with Gasteiger partial charge in [-0.1, -0.05) is 42.5 Å². The van der Waals surface area contributed by atoms with Gasteiger partial charge in [-0.05, 0) is 46.2 Å². The first-order valence-electron chi connectivity index (χ1n) is 8.73. The van der Waals surface area contributed by atoms with Crippen LogP contribution in [0, 0.1) is 0 Å². The van der Waals surface area contributed by atoms with Gasteiger partial charge in [-0.2, -0.15) is 0 Å². The third kappa shape index (κ3) is 4.47. The van der Waals surface area contributed by atoms with Crippen molar-refractivity contribution in [2.24, 2.45) is 0 Å². The van der Waals surface area contributed by atoms with Crippen molar-refractivity contribution in [1.82, 2.24) is 4.90 Å². The number of methoxy groups -OCH3 is 2. The zero-order chi connectivity index (χ0) is 19.2. The summed E-state index contributed by atoms with van der Waals surface area (Å²) in [5.74, 6) is 1.24. The van der Waals surface area contributed by atoms with E-state index in [4.69, 9.17) is 9.47 Å². The van der Waals surface area contributed by atoms with Crippen molar-refractivity contribution in [1.29, 1.82) is 0 Å². The lowest BCUT2D eigenvalue weighted by molar-refractivity contribution is -0.125. The van der Waals surface area contributed by atoms with Gasteiger partial charge >= 0.3 is 0 Å². The fourth-order valence-corrected chi connectivity index (χ4v) is 2.94. The second kappa shape index (κ2) is 8.41. The number of rotatable bonds is 6. The third-order valence-electron chi connectivity index (χ3n) is 4.44. The van der Waals surface area contributed by atoms with E-state index in [-0.39, 0.29) is 5.91 Å². The number of benzene rings is 3. The van der Waals surface area contributed by atoms with Crippen LogP contribution in [0.1, 0.15) is 11.1 Å². The summed E-state index contributed by atoms with van der Waals surface area (Å²) in [7, 11) is 4.99. The Morgan fingerprint density at radius 3 is 2.41 bits per heavy atom. The fraction of sp³-hybridized carbons (Fsp3) is 0.174. The summed E-state index contributed by atoms with van der Waals surface area (Å²) in [4.78, 5) is 14.1. The van der Waals surface area contributed by atoms with E-state index in [0.29, 0.717) is 18.0 Å². The normalized spacial score (nSPS) is 10.9. The van der Waals surface area contributed by atoms with Crippen LogP contribution < -0.4 is 9.47 Å². The second-order valence-corrected chi connectivity index (χ2v) is 6.32. The lowest BCUT2D eigenvalue weighted by Gasteiger charge is -2.15. The summed E-state index contributed by atoms with van der Waals surface area (Å²) in [6.45, 7) is 0.555. The average molecular weight is 361 g/mol. The molecule has 0 unspecified atom stereocenters. The number of carbonyl (C=O) groups excluding carboxylic acids is 1. The quantitative estimate of drug-likeness (QED) is 0.606. The molecule has 4 nitrogen and oxygen atoms in total. The van der Waals surface area contributed by atoms with Crippen molar-refractivity contribution in [2.45, 2.75) is 6.54 Å². The highest BCUT2D eigenvalue weighted by Gasteiger charge is 2.07. The van der Waals surface area contributed by atoms with Crippen molar-refractivity contribution in [2.75, 3.05) is 21.3 Å².